The molecule has 0 saturated carbocycles. The molecule has 0 aliphatic carbocycles. The first-order valence-electron chi connectivity index (χ1n) is 6.63. The van der Waals surface area contributed by atoms with Crippen LogP contribution >= 0.6 is 0 Å². The van der Waals surface area contributed by atoms with Gasteiger partial charge in [0.25, 0.3) is 0 Å². The molecular weight excluding hydrogens is 242 g/mol. The lowest BCUT2D eigenvalue weighted by molar-refractivity contribution is 0.0594. The molecule has 2 N–H and O–H groups in total. The third kappa shape index (κ3) is 3.23. The summed E-state index contributed by atoms with van der Waals surface area (Å²) >= 11 is 0. The first kappa shape index (κ1) is 13.8. The number of anilines is 1. The summed E-state index contributed by atoms with van der Waals surface area (Å²) in [7, 11) is 1.36. The van der Waals surface area contributed by atoms with Crippen LogP contribution in [0.15, 0.2) is 18.3 Å². The number of pyridine rings is 1. The first-order valence-corrected chi connectivity index (χ1v) is 6.63. The number of methoxy groups -OCH3 is 1. The van der Waals surface area contributed by atoms with Crippen LogP contribution in [0.4, 0.5) is 5.69 Å². The minimum absolute atomic E-state index is 0.327. The lowest BCUT2D eigenvalue weighted by Gasteiger charge is -2.18. The lowest BCUT2D eigenvalue weighted by Crippen LogP contribution is -2.33. The van der Waals surface area contributed by atoms with Gasteiger partial charge in [-0.25, -0.2) is 9.78 Å². The Hall–Kier alpha value is -1.62. The van der Waals surface area contributed by atoms with Gasteiger partial charge in [-0.05, 0) is 30.5 Å². The van der Waals surface area contributed by atoms with Gasteiger partial charge in [0.15, 0.2) is 0 Å². The second kappa shape index (κ2) is 6.02. The Morgan fingerprint density at radius 3 is 3.00 bits per heavy atom. The van der Waals surface area contributed by atoms with Crippen LogP contribution in [0.1, 0.15) is 24.3 Å². The third-order valence-electron chi connectivity index (χ3n) is 3.91. The number of carbonyl (C=O) groups is 1. The Balaban J connectivity index is 1.94. The molecule has 0 bridgehead atoms. The Morgan fingerprint density at radius 1 is 1.58 bits per heavy atom. The maximum absolute atomic E-state index is 11.4. The van der Waals surface area contributed by atoms with Crippen LogP contribution in [-0.2, 0) is 4.74 Å². The van der Waals surface area contributed by atoms with Crippen molar-refractivity contribution < 1.29 is 9.53 Å². The number of hydrogen-bond acceptors (Lipinski definition) is 5. The number of aromatic nitrogens is 1. The summed E-state index contributed by atoms with van der Waals surface area (Å²) in [6, 6.07) is 4.04. The van der Waals surface area contributed by atoms with Crippen LogP contribution in [0.25, 0.3) is 0 Å². The molecule has 5 nitrogen and oxygen atoms in total. The second-order valence-corrected chi connectivity index (χ2v) is 5.15. The number of nitrogens with zero attached hydrogens (tertiary/aromatic N) is 1. The molecule has 2 heterocycles. The van der Waals surface area contributed by atoms with Crippen molar-refractivity contribution in [3.8, 4) is 0 Å². The molecule has 0 amide bonds. The quantitative estimate of drug-likeness (QED) is 0.807. The Kier molecular flexibility index (Phi) is 4.37. The van der Waals surface area contributed by atoms with Crippen LogP contribution in [0.3, 0.4) is 0 Å². The molecule has 1 aromatic rings. The van der Waals surface area contributed by atoms with Gasteiger partial charge in [-0.2, -0.15) is 0 Å². The largest absolute Gasteiger partial charge is 0.464 e. The first-order chi connectivity index (χ1) is 9.11. The van der Waals surface area contributed by atoms with E-state index in [1.807, 2.05) is 6.07 Å². The summed E-state index contributed by atoms with van der Waals surface area (Å²) in [5.41, 5.74) is 1.22. The third-order valence-corrected chi connectivity index (χ3v) is 3.91. The summed E-state index contributed by atoms with van der Waals surface area (Å²) in [4.78, 5) is 15.4. The predicted octanol–water partition coefficient (Wildman–Crippen LogP) is 1.52. The fourth-order valence-electron chi connectivity index (χ4n) is 2.35. The number of esters is 1. The van der Waals surface area contributed by atoms with E-state index in [1.54, 1.807) is 12.3 Å². The van der Waals surface area contributed by atoms with Gasteiger partial charge in [0, 0.05) is 24.5 Å². The fraction of sp³-hybridized carbons (Fsp3) is 0.571. The number of hydrogen-bond donors (Lipinski definition) is 2. The highest BCUT2D eigenvalue weighted by molar-refractivity contribution is 5.88. The minimum Gasteiger partial charge on any atom is -0.464 e. The van der Waals surface area contributed by atoms with Crippen molar-refractivity contribution in [3.63, 3.8) is 0 Å². The number of carbonyl (C=O) groups excluding carboxylic acids is 1. The van der Waals surface area contributed by atoms with E-state index in [4.69, 9.17) is 0 Å². The molecule has 104 valence electrons. The van der Waals surface area contributed by atoms with Crippen LogP contribution in [0, 0.1) is 11.8 Å². The SMILES string of the molecule is COC(=O)c1cc(NCC2NCC(C)C2C)ccn1. The van der Waals surface area contributed by atoms with E-state index in [2.05, 4.69) is 34.2 Å². The maximum Gasteiger partial charge on any atom is 0.356 e. The molecular formula is C14H21N3O2. The van der Waals surface area contributed by atoms with Crippen LogP contribution < -0.4 is 10.6 Å². The zero-order valence-corrected chi connectivity index (χ0v) is 11.6. The fourth-order valence-corrected chi connectivity index (χ4v) is 2.35. The van der Waals surface area contributed by atoms with Gasteiger partial charge in [-0.1, -0.05) is 13.8 Å². The van der Waals surface area contributed by atoms with Gasteiger partial charge >= 0.3 is 5.97 Å². The van der Waals surface area contributed by atoms with E-state index in [1.165, 1.54) is 7.11 Å². The zero-order valence-electron chi connectivity index (χ0n) is 11.6. The van der Waals surface area contributed by atoms with Gasteiger partial charge in [-0.3, -0.25) is 0 Å². The van der Waals surface area contributed by atoms with Crippen molar-refractivity contribution in [2.24, 2.45) is 11.8 Å². The highest BCUT2D eigenvalue weighted by Gasteiger charge is 2.28. The molecule has 1 aliphatic rings. The van der Waals surface area contributed by atoms with Crippen molar-refractivity contribution in [1.29, 1.82) is 0 Å². The molecule has 0 radical (unpaired) electrons. The summed E-state index contributed by atoms with van der Waals surface area (Å²) in [6.07, 6.45) is 1.61. The van der Waals surface area contributed by atoms with E-state index in [9.17, 15) is 4.79 Å². The maximum atomic E-state index is 11.4. The molecule has 1 aliphatic heterocycles. The number of ether oxygens (including phenoxy) is 1. The van der Waals surface area contributed by atoms with E-state index in [0.29, 0.717) is 23.6 Å². The standard InChI is InChI=1S/C14H21N3O2/c1-9-7-17-13(10(9)2)8-16-11-4-5-15-12(6-11)14(18)19-3/h4-6,9-10,13,17H,7-8H2,1-3H3,(H,15,16). The van der Waals surface area contributed by atoms with E-state index >= 15 is 0 Å². The minimum atomic E-state index is -0.412. The number of rotatable bonds is 4. The van der Waals surface area contributed by atoms with Crippen molar-refractivity contribution >= 4 is 11.7 Å². The molecule has 1 saturated heterocycles. The van der Waals surface area contributed by atoms with Crippen LogP contribution in [-0.4, -0.2) is 37.2 Å². The van der Waals surface area contributed by atoms with Crippen molar-refractivity contribution in [3.05, 3.63) is 24.0 Å². The van der Waals surface area contributed by atoms with Crippen LogP contribution in [0.5, 0.6) is 0 Å². The highest BCUT2D eigenvalue weighted by Crippen LogP contribution is 2.21. The van der Waals surface area contributed by atoms with E-state index in [0.717, 1.165) is 18.8 Å². The van der Waals surface area contributed by atoms with Crippen molar-refractivity contribution in [2.45, 2.75) is 19.9 Å². The Labute approximate surface area is 113 Å². The number of nitrogens with one attached hydrogen (secondary N) is 2. The molecule has 2 rings (SSSR count). The highest BCUT2D eigenvalue weighted by atomic mass is 16.5. The topological polar surface area (TPSA) is 63.2 Å². The van der Waals surface area contributed by atoms with Crippen LogP contribution in [0.2, 0.25) is 0 Å². The molecule has 1 aromatic heterocycles. The monoisotopic (exact) mass is 263 g/mol. The molecule has 3 unspecified atom stereocenters. The lowest BCUT2D eigenvalue weighted by atomic mass is 9.94. The van der Waals surface area contributed by atoms with Gasteiger partial charge in [0.2, 0.25) is 0 Å². The van der Waals surface area contributed by atoms with Crippen molar-refractivity contribution in [1.82, 2.24) is 10.3 Å². The summed E-state index contributed by atoms with van der Waals surface area (Å²) in [5, 5.41) is 6.85. The molecule has 0 spiro atoms. The Bertz CT molecular complexity index is 450. The van der Waals surface area contributed by atoms with Gasteiger partial charge in [-0.15, -0.1) is 0 Å². The smallest absolute Gasteiger partial charge is 0.356 e. The second-order valence-electron chi connectivity index (χ2n) is 5.15. The average Bonchev–Trinajstić information content (AvgIpc) is 2.76. The molecule has 19 heavy (non-hydrogen) atoms. The van der Waals surface area contributed by atoms with Gasteiger partial charge in [0.1, 0.15) is 5.69 Å². The summed E-state index contributed by atoms with van der Waals surface area (Å²) in [5.74, 6) is 0.939. The molecule has 5 heteroatoms. The van der Waals surface area contributed by atoms with Gasteiger partial charge in [0.05, 0.1) is 7.11 Å². The Morgan fingerprint density at radius 2 is 2.37 bits per heavy atom. The van der Waals surface area contributed by atoms with Gasteiger partial charge < -0.3 is 15.4 Å². The molecule has 3 atom stereocenters. The predicted molar refractivity (Wildman–Crippen MR) is 74.2 cm³/mol. The molecule has 1 fully saturated rings. The van der Waals surface area contributed by atoms with E-state index < -0.39 is 5.97 Å². The van der Waals surface area contributed by atoms with Crippen molar-refractivity contribution in [2.75, 3.05) is 25.5 Å². The summed E-state index contributed by atoms with van der Waals surface area (Å²) in [6.45, 7) is 6.44. The summed E-state index contributed by atoms with van der Waals surface area (Å²) < 4.78 is 4.66. The van der Waals surface area contributed by atoms with E-state index in [-0.39, 0.29) is 0 Å². The zero-order chi connectivity index (χ0) is 13.8. The average molecular weight is 263 g/mol. The normalized spacial score (nSPS) is 26.2. The molecule has 0 aromatic carbocycles.